The molecule has 51 heavy (non-hydrogen) atoms. The molecule has 2 saturated heterocycles. The van der Waals surface area contributed by atoms with E-state index in [4.69, 9.17) is 14.2 Å². The van der Waals surface area contributed by atoms with E-state index >= 15 is 9.18 Å². The molecule has 3 aliphatic heterocycles. The van der Waals surface area contributed by atoms with Gasteiger partial charge in [-0.2, -0.15) is 5.26 Å². The van der Waals surface area contributed by atoms with E-state index in [2.05, 4.69) is 27.3 Å². The van der Waals surface area contributed by atoms with Crippen LogP contribution in [-0.2, 0) is 25.0 Å². The summed E-state index contributed by atoms with van der Waals surface area (Å²) >= 11 is 0. The van der Waals surface area contributed by atoms with Crippen LogP contribution in [0, 0.1) is 17.1 Å². The number of nitrogens with one attached hydrogen (secondary N) is 1. The number of carbonyl (C=O) groups is 2. The smallest absolute Gasteiger partial charge is 0.274 e. The number of carbonyl (C=O) groups excluding carboxylic acids is 2. The van der Waals surface area contributed by atoms with Gasteiger partial charge in [-0.15, -0.1) is 0 Å². The van der Waals surface area contributed by atoms with Crippen molar-refractivity contribution in [2.75, 3.05) is 71.4 Å². The average Bonchev–Trinajstić information content (AvgIpc) is 3.39. The number of rotatable bonds is 10. The molecule has 4 heterocycles. The highest BCUT2D eigenvalue weighted by atomic mass is 32.2. The predicted octanol–water partition coefficient (Wildman–Crippen LogP) is 2.27. The first kappa shape index (κ1) is 36.0. The summed E-state index contributed by atoms with van der Waals surface area (Å²) in [6.45, 7) is 5.97. The maximum absolute atomic E-state index is 15.5. The minimum absolute atomic E-state index is 0.0737. The van der Waals surface area contributed by atoms with Gasteiger partial charge in [0.2, 0.25) is 5.88 Å². The molecule has 270 valence electrons. The summed E-state index contributed by atoms with van der Waals surface area (Å²) < 4.78 is 61.5. The third kappa shape index (κ3) is 6.24. The van der Waals surface area contributed by atoms with Crippen molar-refractivity contribution >= 4 is 27.5 Å². The number of piperidine rings is 1. The van der Waals surface area contributed by atoms with E-state index < -0.39 is 49.2 Å². The molecule has 1 N–H and O–H groups in total. The number of pyridine rings is 1. The normalized spacial score (nSPS) is 20.5. The second kappa shape index (κ2) is 14.4. The maximum Gasteiger partial charge on any atom is 0.274 e. The topological polar surface area (TPSA) is 158 Å². The number of nitrogens with zero attached hydrogens (tertiary/aromatic N) is 6. The van der Waals surface area contributed by atoms with Crippen LogP contribution in [0.1, 0.15) is 36.5 Å². The summed E-state index contributed by atoms with van der Waals surface area (Å²) in [5, 5.41) is 11.6. The Kier molecular flexibility index (Phi) is 10.2. The number of aromatic nitrogens is 1. The van der Waals surface area contributed by atoms with Crippen molar-refractivity contribution in [3.05, 3.63) is 71.2 Å². The van der Waals surface area contributed by atoms with Gasteiger partial charge in [-0.3, -0.25) is 19.9 Å². The minimum atomic E-state index is -4.91. The lowest BCUT2D eigenvalue weighted by atomic mass is 9.74. The third-order valence-corrected chi connectivity index (χ3v) is 11.5. The zero-order chi connectivity index (χ0) is 36.5. The zero-order valence-corrected chi connectivity index (χ0v) is 29.7. The van der Waals surface area contributed by atoms with Crippen LogP contribution in [0.4, 0.5) is 10.1 Å². The number of halogens is 1. The number of benzene rings is 2. The molecular weight excluding hydrogens is 681 g/mol. The number of hydrazine groups is 1. The van der Waals surface area contributed by atoms with Gasteiger partial charge in [-0.1, -0.05) is 6.07 Å². The summed E-state index contributed by atoms with van der Waals surface area (Å²) in [6.07, 6.45) is 3.49. The first-order chi connectivity index (χ1) is 24.5. The van der Waals surface area contributed by atoms with Gasteiger partial charge in [-0.05, 0) is 64.2 Å². The number of hydrogen-bond donors (Lipinski definition) is 1. The molecule has 3 aromatic rings. The van der Waals surface area contributed by atoms with Gasteiger partial charge < -0.3 is 19.1 Å². The first-order valence-electron chi connectivity index (χ1n) is 16.6. The Balaban J connectivity index is 1.48. The lowest BCUT2D eigenvalue weighted by Crippen LogP contribution is -2.61. The molecule has 0 bridgehead atoms. The Hall–Kier alpha value is -4.82. The van der Waals surface area contributed by atoms with Crippen LogP contribution >= 0.6 is 0 Å². The summed E-state index contributed by atoms with van der Waals surface area (Å²) in [5.41, 5.74) is -0.824. The highest BCUT2D eigenvalue weighted by molar-refractivity contribution is 7.93. The highest BCUT2D eigenvalue weighted by Crippen LogP contribution is 2.52. The molecule has 6 rings (SSSR count). The SMILES string of the molecule is CCOc1ncccc1C1(C(=O)NN2CCN(C3CCN(C)CC3)CC2)C(=O)N(S(=O)(=O)c2ccc(OC)cc2OC)c2cc(F)c(C#N)cc21. The third-order valence-electron chi connectivity index (χ3n) is 9.80. The van der Waals surface area contributed by atoms with Gasteiger partial charge in [0.25, 0.3) is 21.8 Å². The van der Waals surface area contributed by atoms with Crippen LogP contribution in [-0.4, -0.2) is 113 Å². The standard InChI is InChI=1S/C35H40FN7O7S/c1-5-50-32-26(7-6-12-38-32)35(33(44)39-42-17-15-41(16-18-42)24-10-13-40(2)14-11-24)27-19-23(22-37)28(36)21-29(27)43(34(35)45)51(46,47)31-9-8-25(48-3)20-30(31)49-4/h6-9,12,19-21,24H,5,10-11,13-18H2,1-4H3,(H,39,44). The minimum Gasteiger partial charge on any atom is -0.497 e. The Morgan fingerprint density at radius 3 is 2.43 bits per heavy atom. The molecule has 1 unspecified atom stereocenters. The maximum atomic E-state index is 15.5. The molecule has 3 aliphatic rings. The van der Waals surface area contributed by atoms with Crippen LogP contribution in [0.15, 0.2) is 53.6 Å². The summed E-state index contributed by atoms with van der Waals surface area (Å²) in [7, 11) is -0.161. The number of ether oxygens (including phenoxy) is 3. The van der Waals surface area contributed by atoms with Gasteiger partial charge in [0.15, 0.2) is 5.41 Å². The fourth-order valence-electron chi connectivity index (χ4n) is 7.14. The molecule has 0 aliphatic carbocycles. The largest absolute Gasteiger partial charge is 0.497 e. The van der Waals surface area contributed by atoms with E-state index in [1.807, 2.05) is 0 Å². The average molecular weight is 722 g/mol. The summed E-state index contributed by atoms with van der Waals surface area (Å²) in [4.78, 5) is 38.7. The fraction of sp³-hybridized carbons (Fsp3) is 0.429. The quantitative estimate of drug-likeness (QED) is 0.305. The summed E-state index contributed by atoms with van der Waals surface area (Å²) in [5.74, 6) is -3.20. The number of methoxy groups -OCH3 is 2. The van der Waals surface area contributed by atoms with Gasteiger partial charge in [0.1, 0.15) is 28.3 Å². The predicted molar refractivity (Wildman–Crippen MR) is 183 cm³/mol. The van der Waals surface area contributed by atoms with Crippen molar-refractivity contribution in [1.29, 1.82) is 5.26 Å². The van der Waals surface area contributed by atoms with Gasteiger partial charge >= 0.3 is 0 Å². The highest BCUT2D eigenvalue weighted by Gasteiger charge is 2.63. The Bertz CT molecular complexity index is 1970. The molecule has 0 radical (unpaired) electrons. The number of anilines is 1. The van der Waals surface area contributed by atoms with E-state index in [0.717, 1.165) is 38.1 Å². The number of fused-ring (bicyclic) bond motifs is 1. The van der Waals surface area contributed by atoms with Gasteiger partial charge in [0.05, 0.1) is 32.1 Å². The molecular formula is C35H40FN7O7S. The molecule has 1 aromatic heterocycles. The van der Waals surface area contributed by atoms with Crippen LogP contribution < -0.4 is 23.9 Å². The van der Waals surface area contributed by atoms with Crippen LogP contribution in [0.5, 0.6) is 17.4 Å². The van der Waals surface area contributed by atoms with E-state index in [1.54, 1.807) is 18.0 Å². The van der Waals surface area contributed by atoms with Crippen LogP contribution in [0.2, 0.25) is 0 Å². The summed E-state index contributed by atoms with van der Waals surface area (Å²) in [6, 6.07) is 10.8. The van der Waals surface area contributed by atoms with Crippen LogP contribution in [0.3, 0.4) is 0 Å². The van der Waals surface area contributed by atoms with Crippen molar-refractivity contribution in [2.24, 2.45) is 0 Å². The number of nitriles is 1. The molecule has 2 amide bonds. The number of hydrogen-bond acceptors (Lipinski definition) is 12. The second-order valence-corrected chi connectivity index (χ2v) is 14.3. The number of piperazine rings is 1. The molecule has 16 heteroatoms. The molecule has 0 saturated carbocycles. The molecule has 0 spiro atoms. The number of likely N-dealkylation sites (tertiary alicyclic amines) is 1. The van der Waals surface area contributed by atoms with Crippen molar-refractivity contribution in [3.63, 3.8) is 0 Å². The van der Waals surface area contributed by atoms with E-state index in [1.165, 1.54) is 50.7 Å². The van der Waals surface area contributed by atoms with Gasteiger partial charge in [0, 0.05) is 61.7 Å². The van der Waals surface area contributed by atoms with Gasteiger partial charge in [-0.25, -0.2) is 27.1 Å². The molecule has 1 atom stereocenters. The first-order valence-corrected chi connectivity index (χ1v) is 18.1. The lowest BCUT2D eigenvalue weighted by Gasteiger charge is -2.42. The van der Waals surface area contributed by atoms with Crippen molar-refractivity contribution in [1.82, 2.24) is 25.2 Å². The van der Waals surface area contributed by atoms with Crippen molar-refractivity contribution in [2.45, 2.75) is 36.1 Å². The lowest BCUT2D eigenvalue weighted by molar-refractivity contribution is -0.137. The van der Waals surface area contributed by atoms with E-state index in [-0.39, 0.29) is 35.1 Å². The van der Waals surface area contributed by atoms with Crippen molar-refractivity contribution in [3.8, 4) is 23.4 Å². The number of sulfonamides is 1. The van der Waals surface area contributed by atoms with E-state index in [9.17, 15) is 18.5 Å². The Morgan fingerprint density at radius 1 is 1.06 bits per heavy atom. The second-order valence-electron chi connectivity index (χ2n) is 12.6. The Labute approximate surface area is 296 Å². The van der Waals surface area contributed by atoms with Crippen LogP contribution in [0.25, 0.3) is 0 Å². The zero-order valence-electron chi connectivity index (χ0n) is 28.9. The van der Waals surface area contributed by atoms with E-state index in [0.29, 0.717) is 36.5 Å². The van der Waals surface area contributed by atoms with Crippen molar-refractivity contribution < 1.29 is 36.6 Å². The number of amides is 2. The molecule has 2 aromatic carbocycles. The molecule has 2 fully saturated rings. The molecule has 14 nitrogen and oxygen atoms in total. The Morgan fingerprint density at radius 2 is 1.78 bits per heavy atom. The fourth-order valence-corrected chi connectivity index (χ4v) is 8.73. The monoisotopic (exact) mass is 721 g/mol.